The van der Waals surface area contributed by atoms with Crippen LogP contribution < -0.4 is 5.32 Å². The molecular weight excluding hydrogens is 134 g/mol. The van der Waals surface area contributed by atoms with Gasteiger partial charge < -0.3 is 5.32 Å². The van der Waals surface area contributed by atoms with Crippen molar-refractivity contribution in [2.24, 2.45) is 11.3 Å². The summed E-state index contributed by atoms with van der Waals surface area (Å²) >= 11 is 0. The fourth-order valence-corrected chi connectivity index (χ4v) is 2.83. The summed E-state index contributed by atoms with van der Waals surface area (Å²) in [5, 5.41) is 3.52. The number of nitrogens with one attached hydrogen (secondary N) is 1. The molecule has 1 aliphatic heterocycles. The van der Waals surface area contributed by atoms with Gasteiger partial charge in [0.05, 0.1) is 0 Å². The first-order valence-electron chi connectivity index (χ1n) is 5.05. The molecule has 1 heteroatoms. The fraction of sp³-hybridized carbons (Fsp3) is 1.00. The molecule has 2 aliphatic rings. The highest BCUT2D eigenvalue weighted by atomic mass is 14.9. The van der Waals surface area contributed by atoms with E-state index in [0.29, 0.717) is 0 Å². The van der Waals surface area contributed by atoms with Crippen LogP contribution in [0.15, 0.2) is 0 Å². The largest absolute Gasteiger partial charge is 0.316 e. The van der Waals surface area contributed by atoms with E-state index in [1.165, 1.54) is 45.2 Å². The van der Waals surface area contributed by atoms with Crippen molar-refractivity contribution in [3.05, 3.63) is 0 Å². The van der Waals surface area contributed by atoms with Crippen molar-refractivity contribution in [2.45, 2.75) is 39.0 Å². The Hall–Kier alpha value is -0.0400. The van der Waals surface area contributed by atoms with Gasteiger partial charge in [0.2, 0.25) is 0 Å². The van der Waals surface area contributed by atoms with E-state index in [-0.39, 0.29) is 0 Å². The highest BCUT2D eigenvalue weighted by Gasteiger charge is 2.43. The van der Waals surface area contributed by atoms with Crippen LogP contribution in [-0.4, -0.2) is 13.1 Å². The minimum absolute atomic E-state index is 0.763. The van der Waals surface area contributed by atoms with Gasteiger partial charge in [-0.1, -0.05) is 13.3 Å². The number of hydrogen-bond acceptors (Lipinski definition) is 1. The molecule has 64 valence electrons. The molecule has 0 aromatic rings. The zero-order chi connectivity index (χ0) is 7.73. The second-order valence-corrected chi connectivity index (χ2v) is 4.46. The van der Waals surface area contributed by atoms with Crippen LogP contribution in [0.1, 0.15) is 39.0 Å². The predicted octanol–water partition coefficient (Wildman–Crippen LogP) is 2.18. The van der Waals surface area contributed by atoms with Crippen LogP contribution in [0.3, 0.4) is 0 Å². The first kappa shape index (κ1) is 7.60. The van der Waals surface area contributed by atoms with Crippen LogP contribution in [0, 0.1) is 11.3 Å². The molecule has 0 atom stereocenters. The maximum absolute atomic E-state index is 3.52. The highest BCUT2D eigenvalue weighted by Crippen LogP contribution is 2.50. The third-order valence-electron chi connectivity index (χ3n) is 3.58. The Morgan fingerprint density at radius 3 is 2.82 bits per heavy atom. The third-order valence-corrected chi connectivity index (χ3v) is 3.58. The normalized spacial score (nSPS) is 43.9. The number of hydrogen-bond donors (Lipinski definition) is 1. The lowest BCUT2D eigenvalue weighted by molar-refractivity contribution is 0.0264. The molecular formula is C10H19N. The van der Waals surface area contributed by atoms with Gasteiger partial charge in [-0.05, 0) is 43.6 Å². The van der Waals surface area contributed by atoms with Gasteiger partial charge in [-0.15, -0.1) is 0 Å². The zero-order valence-electron chi connectivity index (χ0n) is 7.53. The highest BCUT2D eigenvalue weighted by molar-refractivity contribution is 4.96. The molecule has 0 radical (unpaired) electrons. The molecule has 0 bridgehead atoms. The fourth-order valence-electron chi connectivity index (χ4n) is 2.83. The SMILES string of the molecule is CCC1CC2(CCCNC2)C1. The third kappa shape index (κ3) is 1.31. The summed E-state index contributed by atoms with van der Waals surface area (Å²) < 4.78 is 0. The molecule has 1 aliphatic carbocycles. The lowest BCUT2D eigenvalue weighted by Gasteiger charge is -2.50. The first-order valence-corrected chi connectivity index (χ1v) is 5.05. The van der Waals surface area contributed by atoms with E-state index in [0.717, 1.165) is 11.3 Å². The van der Waals surface area contributed by atoms with Crippen molar-refractivity contribution >= 4 is 0 Å². The molecule has 2 fully saturated rings. The number of piperidine rings is 1. The van der Waals surface area contributed by atoms with Crippen LogP contribution in [0.4, 0.5) is 0 Å². The van der Waals surface area contributed by atoms with E-state index >= 15 is 0 Å². The van der Waals surface area contributed by atoms with E-state index in [2.05, 4.69) is 12.2 Å². The van der Waals surface area contributed by atoms with Crippen LogP contribution in [-0.2, 0) is 0 Å². The second-order valence-electron chi connectivity index (χ2n) is 4.46. The van der Waals surface area contributed by atoms with Crippen molar-refractivity contribution in [1.82, 2.24) is 5.32 Å². The monoisotopic (exact) mass is 153 g/mol. The van der Waals surface area contributed by atoms with Crippen molar-refractivity contribution in [1.29, 1.82) is 0 Å². The van der Waals surface area contributed by atoms with E-state index in [1.807, 2.05) is 0 Å². The maximum Gasteiger partial charge on any atom is 0.000802 e. The lowest BCUT2D eigenvalue weighted by atomic mass is 9.58. The van der Waals surface area contributed by atoms with E-state index in [4.69, 9.17) is 0 Å². The quantitative estimate of drug-likeness (QED) is 0.609. The zero-order valence-corrected chi connectivity index (χ0v) is 7.53. The average molecular weight is 153 g/mol. The summed E-state index contributed by atoms with van der Waals surface area (Å²) in [5.41, 5.74) is 0.763. The summed E-state index contributed by atoms with van der Waals surface area (Å²) in [6.07, 6.45) is 7.34. The topological polar surface area (TPSA) is 12.0 Å². The summed E-state index contributed by atoms with van der Waals surface area (Å²) in [5.74, 6) is 1.06. The Labute approximate surface area is 69.6 Å². The molecule has 0 unspecified atom stereocenters. The molecule has 11 heavy (non-hydrogen) atoms. The Balaban J connectivity index is 1.84. The van der Waals surface area contributed by atoms with Crippen LogP contribution in [0.25, 0.3) is 0 Å². The van der Waals surface area contributed by atoms with Gasteiger partial charge in [-0.2, -0.15) is 0 Å². The summed E-state index contributed by atoms with van der Waals surface area (Å²) in [6.45, 7) is 4.90. The minimum atomic E-state index is 0.763. The Morgan fingerprint density at radius 1 is 1.45 bits per heavy atom. The van der Waals surface area contributed by atoms with Crippen molar-refractivity contribution in [3.63, 3.8) is 0 Å². The van der Waals surface area contributed by atoms with E-state index in [9.17, 15) is 0 Å². The van der Waals surface area contributed by atoms with Gasteiger partial charge in [0, 0.05) is 6.54 Å². The molecule has 1 N–H and O–H groups in total. The van der Waals surface area contributed by atoms with Gasteiger partial charge in [0.1, 0.15) is 0 Å². The van der Waals surface area contributed by atoms with Crippen molar-refractivity contribution < 1.29 is 0 Å². The van der Waals surface area contributed by atoms with Crippen LogP contribution in [0.2, 0.25) is 0 Å². The summed E-state index contributed by atoms with van der Waals surface area (Å²) in [7, 11) is 0. The molecule has 2 rings (SSSR count). The molecule has 0 aromatic heterocycles. The second kappa shape index (κ2) is 2.78. The minimum Gasteiger partial charge on any atom is -0.316 e. The van der Waals surface area contributed by atoms with E-state index in [1.54, 1.807) is 0 Å². The number of rotatable bonds is 1. The molecule has 1 saturated heterocycles. The lowest BCUT2D eigenvalue weighted by Crippen LogP contribution is -2.48. The van der Waals surface area contributed by atoms with Gasteiger partial charge in [-0.25, -0.2) is 0 Å². The summed E-state index contributed by atoms with van der Waals surface area (Å²) in [6, 6.07) is 0. The van der Waals surface area contributed by atoms with Crippen molar-refractivity contribution in [3.8, 4) is 0 Å². The Kier molecular flexibility index (Phi) is 1.92. The molecule has 1 saturated carbocycles. The van der Waals surface area contributed by atoms with Crippen LogP contribution >= 0.6 is 0 Å². The average Bonchev–Trinajstić information content (AvgIpc) is 2.01. The van der Waals surface area contributed by atoms with Gasteiger partial charge in [0.15, 0.2) is 0 Å². The molecule has 0 aromatic carbocycles. The van der Waals surface area contributed by atoms with Gasteiger partial charge in [0.25, 0.3) is 0 Å². The summed E-state index contributed by atoms with van der Waals surface area (Å²) in [4.78, 5) is 0. The molecule has 1 heterocycles. The standard InChI is InChI=1S/C10H19N/c1-2-9-6-10(7-9)4-3-5-11-8-10/h9,11H,2-8H2,1H3. The van der Waals surface area contributed by atoms with Crippen molar-refractivity contribution in [2.75, 3.05) is 13.1 Å². The van der Waals surface area contributed by atoms with Gasteiger partial charge in [-0.3, -0.25) is 0 Å². The molecule has 1 spiro atoms. The van der Waals surface area contributed by atoms with Gasteiger partial charge >= 0.3 is 0 Å². The van der Waals surface area contributed by atoms with Crippen LogP contribution in [0.5, 0.6) is 0 Å². The smallest absolute Gasteiger partial charge is 0.000802 e. The van der Waals surface area contributed by atoms with E-state index < -0.39 is 0 Å². The predicted molar refractivity (Wildman–Crippen MR) is 47.6 cm³/mol. The first-order chi connectivity index (χ1) is 5.35. The molecule has 0 amide bonds. The maximum atomic E-state index is 3.52. The molecule has 1 nitrogen and oxygen atoms in total. The Bertz CT molecular complexity index is 128. The Morgan fingerprint density at radius 2 is 2.27 bits per heavy atom.